The first kappa shape index (κ1) is 21.7. The number of fused-ring (bicyclic) bond motifs is 2. The van der Waals surface area contributed by atoms with Crippen LogP contribution in [0.1, 0.15) is 18.5 Å². The first-order valence-corrected chi connectivity index (χ1v) is 11.3. The summed E-state index contributed by atoms with van der Waals surface area (Å²) in [6.07, 6.45) is 3.70. The second-order valence-corrected chi connectivity index (χ2v) is 8.50. The van der Waals surface area contributed by atoms with Crippen molar-refractivity contribution in [1.29, 1.82) is 0 Å². The highest BCUT2D eigenvalue weighted by Gasteiger charge is 2.20. The molecule has 0 amide bonds. The standard InChI is InChI=1S/C24H27FN4O4/c25-16-1-2-19-20(11-16)29(24(31)13-21(19)30)8-7-28-5-3-17(4-6-28)26-14-18-12-22-23(15-27-18)33-10-9-32-22/h1-2,11-13,15,17,26,30H,3-10,14H2. The number of aromatic nitrogens is 2. The Bertz CT molecular complexity index is 1210. The van der Waals surface area contributed by atoms with E-state index in [4.69, 9.17) is 9.47 Å². The molecule has 0 unspecified atom stereocenters. The minimum atomic E-state index is -0.430. The molecule has 0 radical (unpaired) electrons. The summed E-state index contributed by atoms with van der Waals surface area (Å²) >= 11 is 0. The molecular weight excluding hydrogens is 427 g/mol. The predicted octanol–water partition coefficient (Wildman–Crippen LogP) is 2.27. The Morgan fingerprint density at radius 3 is 2.70 bits per heavy atom. The predicted molar refractivity (Wildman–Crippen MR) is 121 cm³/mol. The number of hydrogen-bond donors (Lipinski definition) is 2. The van der Waals surface area contributed by atoms with Crippen molar-refractivity contribution < 1.29 is 19.0 Å². The van der Waals surface area contributed by atoms with E-state index in [1.54, 1.807) is 6.20 Å². The van der Waals surface area contributed by atoms with E-state index in [1.807, 2.05) is 6.07 Å². The van der Waals surface area contributed by atoms with Crippen LogP contribution in [0, 0.1) is 5.82 Å². The van der Waals surface area contributed by atoms with Gasteiger partial charge in [-0.2, -0.15) is 0 Å². The minimum Gasteiger partial charge on any atom is -0.507 e. The molecule has 174 valence electrons. The Morgan fingerprint density at radius 1 is 1.09 bits per heavy atom. The molecule has 3 aromatic rings. The van der Waals surface area contributed by atoms with Crippen LogP contribution in [0.3, 0.4) is 0 Å². The van der Waals surface area contributed by atoms with Crippen molar-refractivity contribution in [3.63, 3.8) is 0 Å². The summed E-state index contributed by atoms with van der Waals surface area (Å²) in [6.45, 7) is 4.73. The average Bonchev–Trinajstić information content (AvgIpc) is 2.83. The summed E-state index contributed by atoms with van der Waals surface area (Å²) in [5, 5.41) is 14.1. The lowest BCUT2D eigenvalue weighted by atomic mass is 10.0. The molecule has 0 atom stereocenters. The van der Waals surface area contributed by atoms with Gasteiger partial charge in [0.05, 0.1) is 17.4 Å². The third kappa shape index (κ3) is 4.79. The van der Waals surface area contributed by atoms with Crippen molar-refractivity contribution in [3.8, 4) is 17.2 Å². The van der Waals surface area contributed by atoms with E-state index >= 15 is 0 Å². The number of halogens is 1. The Morgan fingerprint density at radius 2 is 1.88 bits per heavy atom. The summed E-state index contributed by atoms with van der Waals surface area (Å²) < 4.78 is 26.4. The Balaban J connectivity index is 1.14. The van der Waals surface area contributed by atoms with Crippen molar-refractivity contribution in [1.82, 2.24) is 19.8 Å². The molecule has 2 aliphatic rings. The first-order chi connectivity index (χ1) is 16.1. The minimum absolute atomic E-state index is 0.120. The monoisotopic (exact) mass is 454 g/mol. The summed E-state index contributed by atoms with van der Waals surface area (Å²) in [5.74, 6) is 0.896. The van der Waals surface area contributed by atoms with E-state index in [9.17, 15) is 14.3 Å². The van der Waals surface area contributed by atoms with Gasteiger partial charge in [-0.3, -0.25) is 9.78 Å². The molecule has 1 aromatic carbocycles. The van der Waals surface area contributed by atoms with Crippen molar-refractivity contribution in [2.45, 2.75) is 32.0 Å². The molecule has 9 heteroatoms. The van der Waals surface area contributed by atoms with Crippen LogP contribution < -0.4 is 20.3 Å². The molecule has 8 nitrogen and oxygen atoms in total. The number of benzene rings is 1. The van der Waals surface area contributed by atoms with Gasteiger partial charge < -0.3 is 29.4 Å². The van der Waals surface area contributed by atoms with Gasteiger partial charge in [0.2, 0.25) is 0 Å². The number of likely N-dealkylation sites (tertiary alicyclic amines) is 1. The molecule has 1 fully saturated rings. The number of piperidine rings is 1. The lowest BCUT2D eigenvalue weighted by Crippen LogP contribution is -2.43. The van der Waals surface area contributed by atoms with Crippen molar-refractivity contribution in [2.75, 3.05) is 32.8 Å². The highest BCUT2D eigenvalue weighted by Crippen LogP contribution is 2.29. The van der Waals surface area contributed by atoms with Gasteiger partial charge in [-0.05, 0) is 44.1 Å². The topological polar surface area (TPSA) is 88.9 Å². The second-order valence-electron chi connectivity index (χ2n) is 8.50. The molecular formula is C24H27FN4O4. The Labute approximate surface area is 190 Å². The zero-order valence-electron chi connectivity index (χ0n) is 18.3. The highest BCUT2D eigenvalue weighted by atomic mass is 19.1. The van der Waals surface area contributed by atoms with Crippen molar-refractivity contribution >= 4 is 10.9 Å². The van der Waals surface area contributed by atoms with E-state index in [0.717, 1.165) is 37.4 Å². The normalized spacial score (nSPS) is 16.9. The maximum Gasteiger partial charge on any atom is 0.254 e. The van der Waals surface area contributed by atoms with Gasteiger partial charge in [0, 0.05) is 43.2 Å². The number of nitrogens with zero attached hydrogens (tertiary/aromatic N) is 3. The van der Waals surface area contributed by atoms with E-state index in [-0.39, 0.29) is 11.3 Å². The van der Waals surface area contributed by atoms with E-state index in [1.165, 1.54) is 28.8 Å². The number of rotatable bonds is 6. The third-order valence-electron chi connectivity index (χ3n) is 6.34. The molecule has 0 spiro atoms. The smallest absolute Gasteiger partial charge is 0.254 e. The van der Waals surface area contributed by atoms with Gasteiger partial charge in [-0.15, -0.1) is 0 Å². The molecule has 33 heavy (non-hydrogen) atoms. The average molecular weight is 455 g/mol. The number of pyridine rings is 2. The van der Waals surface area contributed by atoms with Gasteiger partial charge in [0.1, 0.15) is 24.8 Å². The zero-order chi connectivity index (χ0) is 22.8. The van der Waals surface area contributed by atoms with Gasteiger partial charge in [0.15, 0.2) is 11.5 Å². The summed E-state index contributed by atoms with van der Waals surface area (Å²) in [7, 11) is 0. The first-order valence-electron chi connectivity index (χ1n) is 11.3. The molecule has 0 aliphatic carbocycles. The summed E-state index contributed by atoms with van der Waals surface area (Å²) in [4.78, 5) is 19.2. The summed E-state index contributed by atoms with van der Waals surface area (Å²) in [6, 6.07) is 7.61. The van der Waals surface area contributed by atoms with E-state index in [0.29, 0.717) is 55.5 Å². The third-order valence-corrected chi connectivity index (χ3v) is 6.34. The van der Waals surface area contributed by atoms with Crippen LogP contribution in [-0.2, 0) is 13.1 Å². The molecule has 2 aromatic heterocycles. The maximum atomic E-state index is 13.8. The molecule has 2 N–H and O–H groups in total. The fraction of sp³-hybridized carbons (Fsp3) is 0.417. The Hall–Kier alpha value is -3.17. The number of hydrogen-bond acceptors (Lipinski definition) is 7. The van der Waals surface area contributed by atoms with Crippen LogP contribution in [-0.4, -0.2) is 58.4 Å². The lowest BCUT2D eigenvalue weighted by Gasteiger charge is -2.32. The van der Waals surface area contributed by atoms with E-state index in [2.05, 4.69) is 15.2 Å². The van der Waals surface area contributed by atoms with Gasteiger partial charge in [-0.1, -0.05) is 0 Å². The molecule has 4 heterocycles. The van der Waals surface area contributed by atoms with Crippen LogP contribution in [0.25, 0.3) is 10.9 Å². The van der Waals surface area contributed by atoms with Crippen molar-refractivity contribution in [3.05, 3.63) is 58.4 Å². The SMILES string of the molecule is O=c1cc(O)c2ccc(F)cc2n1CCN1CCC(NCc2cc3c(cn2)OCCO3)CC1. The van der Waals surface area contributed by atoms with Crippen LogP contribution in [0.2, 0.25) is 0 Å². The van der Waals surface area contributed by atoms with Gasteiger partial charge in [-0.25, -0.2) is 4.39 Å². The zero-order valence-corrected chi connectivity index (χ0v) is 18.3. The van der Waals surface area contributed by atoms with E-state index < -0.39 is 5.82 Å². The molecule has 5 rings (SSSR count). The number of aromatic hydroxyl groups is 1. The van der Waals surface area contributed by atoms with Crippen LogP contribution >= 0.6 is 0 Å². The lowest BCUT2D eigenvalue weighted by molar-refractivity contribution is 0.170. The molecule has 2 aliphatic heterocycles. The van der Waals surface area contributed by atoms with Crippen LogP contribution in [0.5, 0.6) is 17.2 Å². The summed E-state index contributed by atoms with van der Waals surface area (Å²) in [5.41, 5.74) is 1.02. The highest BCUT2D eigenvalue weighted by molar-refractivity contribution is 5.85. The molecule has 1 saturated heterocycles. The second kappa shape index (κ2) is 9.36. The molecule has 0 saturated carbocycles. The number of nitrogens with one attached hydrogen (secondary N) is 1. The maximum absolute atomic E-state index is 13.8. The van der Waals surface area contributed by atoms with Crippen LogP contribution in [0.15, 0.2) is 41.3 Å². The Kier molecular flexibility index (Phi) is 6.15. The van der Waals surface area contributed by atoms with Gasteiger partial charge >= 0.3 is 0 Å². The van der Waals surface area contributed by atoms with Crippen LogP contribution in [0.4, 0.5) is 4.39 Å². The molecule has 0 bridgehead atoms. The van der Waals surface area contributed by atoms with Crippen molar-refractivity contribution in [2.24, 2.45) is 0 Å². The fourth-order valence-electron chi connectivity index (χ4n) is 4.50. The quantitative estimate of drug-likeness (QED) is 0.591. The fourth-order valence-corrected chi connectivity index (χ4v) is 4.50. The number of ether oxygens (including phenoxy) is 2. The van der Waals surface area contributed by atoms with Gasteiger partial charge in [0.25, 0.3) is 5.56 Å². The largest absolute Gasteiger partial charge is 0.507 e.